The first-order chi connectivity index (χ1) is 16.5. The third-order valence-corrected chi connectivity index (χ3v) is 7.53. The van der Waals surface area contributed by atoms with E-state index >= 15 is 0 Å². The van der Waals surface area contributed by atoms with Gasteiger partial charge in [-0.3, -0.25) is 0 Å². The summed E-state index contributed by atoms with van der Waals surface area (Å²) in [6.07, 6.45) is -1.46. The lowest BCUT2D eigenvalue weighted by atomic mass is 9.65. The minimum Gasteiger partial charge on any atom is -0.335 e. The molecule has 0 bridgehead atoms. The van der Waals surface area contributed by atoms with Crippen LogP contribution in [0.15, 0.2) is 36.4 Å². The number of nitrogens with one attached hydrogen (secondary N) is 2. The van der Waals surface area contributed by atoms with Crippen LogP contribution in [0.3, 0.4) is 0 Å². The van der Waals surface area contributed by atoms with E-state index in [-0.39, 0.29) is 23.2 Å². The molecule has 2 N–H and O–H groups in total. The van der Waals surface area contributed by atoms with Crippen LogP contribution in [0, 0.1) is 5.82 Å². The molecule has 11 heteroatoms. The van der Waals surface area contributed by atoms with Gasteiger partial charge in [0.15, 0.2) is 0 Å². The van der Waals surface area contributed by atoms with Crippen LogP contribution in [0.4, 0.5) is 28.0 Å². The predicted octanol–water partition coefficient (Wildman–Crippen LogP) is 4.44. The Balaban J connectivity index is 1.30. The van der Waals surface area contributed by atoms with Gasteiger partial charge in [-0.15, -0.1) is 5.10 Å². The number of amides is 2. The Kier molecular flexibility index (Phi) is 5.70. The van der Waals surface area contributed by atoms with Gasteiger partial charge in [-0.05, 0) is 75.2 Å². The molecule has 1 aliphatic carbocycles. The fourth-order valence-corrected chi connectivity index (χ4v) is 5.78. The van der Waals surface area contributed by atoms with Crippen molar-refractivity contribution in [1.82, 2.24) is 25.2 Å². The van der Waals surface area contributed by atoms with Crippen molar-refractivity contribution in [2.75, 3.05) is 18.9 Å². The minimum atomic E-state index is -4.71. The Bertz CT molecular complexity index is 1270. The van der Waals surface area contributed by atoms with Crippen molar-refractivity contribution in [3.8, 4) is 0 Å². The molecular weight excluding hydrogens is 464 g/mol. The number of likely N-dealkylation sites (N-methyl/N-ethyl adjacent to an activating group) is 1. The van der Waals surface area contributed by atoms with Gasteiger partial charge in [0.25, 0.3) is 0 Å². The van der Waals surface area contributed by atoms with Crippen molar-refractivity contribution < 1.29 is 22.4 Å². The molecule has 7 nitrogen and oxygen atoms in total. The van der Waals surface area contributed by atoms with Crippen molar-refractivity contribution in [3.63, 3.8) is 0 Å². The van der Waals surface area contributed by atoms with Crippen LogP contribution in [0.5, 0.6) is 0 Å². The van der Waals surface area contributed by atoms with Gasteiger partial charge >= 0.3 is 12.2 Å². The summed E-state index contributed by atoms with van der Waals surface area (Å²) in [7, 11) is 3.93. The van der Waals surface area contributed by atoms with E-state index < -0.39 is 23.6 Å². The first-order valence-electron chi connectivity index (χ1n) is 11.5. The number of rotatable bonds is 3. The molecule has 2 amide bonds. The second-order valence-corrected chi connectivity index (χ2v) is 9.62. The van der Waals surface area contributed by atoms with Crippen molar-refractivity contribution >= 4 is 22.8 Å². The Morgan fingerprint density at radius 3 is 2.71 bits per heavy atom. The highest BCUT2D eigenvalue weighted by atomic mass is 19.4. The number of halogens is 4. The molecule has 1 saturated carbocycles. The van der Waals surface area contributed by atoms with Gasteiger partial charge in [-0.1, -0.05) is 11.3 Å². The summed E-state index contributed by atoms with van der Waals surface area (Å²) in [6, 6.07) is 7.65. The van der Waals surface area contributed by atoms with Crippen LogP contribution < -0.4 is 10.6 Å². The van der Waals surface area contributed by atoms with E-state index in [9.17, 15) is 22.4 Å². The van der Waals surface area contributed by atoms with Crippen LogP contribution in [0.25, 0.3) is 11.0 Å². The molecule has 1 aliphatic heterocycles. The van der Waals surface area contributed by atoms with E-state index in [2.05, 4.69) is 45.0 Å². The van der Waals surface area contributed by atoms with E-state index in [1.165, 1.54) is 5.56 Å². The van der Waals surface area contributed by atoms with E-state index in [1.54, 1.807) is 4.68 Å². The summed E-state index contributed by atoms with van der Waals surface area (Å²) < 4.78 is 54.3. The highest BCUT2D eigenvalue weighted by Crippen LogP contribution is 2.48. The van der Waals surface area contributed by atoms with Crippen LogP contribution in [0.2, 0.25) is 0 Å². The third-order valence-electron chi connectivity index (χ3n) is 7.53. The lowest BCUT2D eigenvalue weighted by Gasteiger charge is -2.44. The molecule has 5 rings (SSSR count). The van der Waals surface area contributed by atoms with Crippen molar-refractivity contribution in [2.24, 2.45) is 7.05 Å². The fourth-order valence-electron chi connectivity index (χ4n) is 5.78. The molecule has 1 saturated heterocycles. The summed E-state index contributed by atoms with van der Waals surface area (Å²) in [4.78, 5) is 14.9. The average molecular weight is 491 g/mol. The summed E-state index contributed by atoms with van der Waals surface area (Å²) in [5, 5.41) is 13.6. The zero-order valence-electron chi connectivity index (χ0n) is 19.4. The maximum absolute atomic E-state index is 13.7. The van der Waals surface area contributed by atoms with Crippen LogP contribution in [-0.2, 0) is 18.6 Å². The lowest BCUT2D eigenvalue weighted by molar-refractivity contribution is -0.137. The molecule has 0 unspecified atom stereocenters. The number of fused-ring (bicyclic) bond motifs is 2. The van der Waals surface area contributed by atoms with Gasteiger partial charge in [-0.2, -0.15) is 13.2 Å². The van der Waals surface area contributed by atoms with Crippen molar-refractivity contribution in [3.05, 3.63) is 53.3 Å². The number of hydrogen-bond acceptors (Lipinski definition) is 4. The Morgan fingerprint density at radius 1 is 1.14 bits per heavy atom. The SMILES string of the molecule is CN1CC[C@]2(c3ccc4c(c3)nnn4C)CC[C@@H](NC(=O)Nc3cc(F)cc(C(F)(F)F)c3)C[C@H]12. The number of nitrogens with zero attached hydrogens (tertiary/aromatic N) is 4. The van der Waals surface area contributed by atoms with Gasteiger partial charge in [0.05, 0.1) is 11.1 Å². The number of alkyl halides is 3. The number of carbonyl (C=O) groups is 1. The maximum Gasteiger partial charge on any atom is 0.416 e. The summed E-state index contributed by atoms with van der Waals surface area (Å²) in [5.74, 6) is -1.06. The molecule has 2 fully saturated rings. The number of likely N-dealkylation sites (tertiary alicyclic amines) is 1. The summed E-state index contributed by atoms with van der Waals surface area (Å²) in [5.41, 5.74) is 1.56. The largest absolute Gasteiger partial charge is 0.416 e. The molecule has 2 aromatic carbocycles. The monoisotopic (exact) mass is 490 g/mol. The topological polar surface area (TPSA) is 75.1 Å². The highest BCUT2D eigenvalue weighted by Gasteiger charge is 2.50. The molecule has 3 aromatic rings. The van der Waals surface area contributed by atoms with E-state index in [4.69, 9.17) is 0 Å². The third kappa shape index (κ3) is 4.33. The number of aromatic nitrogens is 3. The quantitative estimate of drug-likeness (QED) is 0.533. The molecule has 0 radical (unpaired) electrons. The molecule has 0 spiro atoms. The zero-order valence-corrected chi connectivity index (χ0v) is 19.4. The molecule has 2 aliphatic rings. The Morgan fingerprint density at radius 2 is 1.94 bits per heavy atom. The first kappa shape index (κ1) is 23.5. The normalized spacial score (nSPS) is 25.0. The van der Waals surface area contributed by atoms with Gasteiger partial charge in [0, 0.05) is 30.2 Å². The Hall–Kier alpha value is -3.21. The van der Waals surface area contributed by atoms with E-state index in [0.717, 1.165) is 42.6 Å². The van der Waals surface area contributed by atoms with Crippen molar-refractivity contribution in [1.29, 1.82) is 0 Å². The number of urea groups is 1. The van der Waals surface area contributed by atoms with Crippen LogP contribution >= 0.6 is 0 Å². The standard InChI is InChI=1S/C24H26F4N6O/c1-33-8-7-23(14-3-4-20-19(11-14)31-32-34(20)2)6-5-17(13-21(23)33)29-22(35)30-18-10-15(24(26,27)28)9-16(25)12-18/h3-4,9-12,17,21H,5-8,13H2,1-2H3,(H2,29,30,35)/t17-,21+,23+/m1/s1. The highest BCUT2D eigenvalue weighted by molar-refractivity contribution is 5.89. The number of aryl methyl sites for hydroxylation is 1. The number of benzene rings is 2. The van der Waals surface area contributed by atoms with Crippen molar-refractivity contribution in [2.45, 2.75) is 49.4 Å². The maximum atomic E-state index is 13.7. The minimum absolute atomic E-state index is 0.0702. The van der Waals surface area contributed by atoms with Crippen LogP contribution in [-0.4, -0.2) is 51.6 Å². The molecule has 3 atom stereocenters. The second kappa shape index (κ2) is 8.47. The van der Waals surface area contributed by atoms with E-state index in [1.807, 2.05) is 13.1 Å². The zero-order chi connectivity index (χ0) is 25.0. The van der Waals surface area contributed by atoms with Gasteiger partial charge in [-0.25, -0.2) is 13.9 Å². The number of hydrogen-bond donors (Lipinski definition) is 2. The Labute approximate surface area is 199 Å². The molecule has 186 valence electrons. The molecular formula is C24H26F4N6O. The second-order valence-electron chi connectivity index (χ2n) is 9.62. The lowest BCUT2D eigenvalue weighted by Crippen LogP contribution is -2.52. The summed E-state index contributed by atoms with van der Waals surface area (Å²) in [6.45, 7) is 0.922. The van der Waals surface area contributed by atoms with Crippen LogP contribution in [0.1, 0.15) is 36.8 Å². The smallest absolute Gasteiger partial charge is 0.335 e. The van der Waals surface area contributed by atoms with Gasteiger partial charge in [0.2, 0.25) is 0 Å². The number of anilines is 1. The predicted molar refractivity (Wildman–Crippen MR) is 122 cm³/mol. The van der Waals surface area contributed by atoms with E-state index in [0.29, 0.717) is 18.9 Å². The molecule has 2 heterocycles. The number of carbonyl (C=O) groups excluding carboxylic acids is 1. The first-order valence-corrected chi connectivity index (χ1v) is 11.5. The fraction of sp³-hybridized carbons (Fsp3) is 0.458. The molecule has 1 aromatic heterocycles. The summed E-state index contributed by atoms with van der Waals surface area (Å²) >= 11 is 0. The average Bonchev–Trinajstić information content (AvgIpc) is 3.33. The molecule has 35 heavy (non-hydrogen) atoms. The van der Waals surface area contributed by atoms with Gasteiger partial charge in [0.1, 0.15) is 11.3 Å². The van der Waals surface area contributed by atoms with Gasteiger partial charge < -0.3 is 15.5 Å².